The van der Waals surface area contributed by atoms with Gasteiger partial charge in [-0.2, -0.15) is 0 Å². The molecule has 1 rings (SSSR count). The van der Waals surface area contributed by atoms with Crippen LogP contribution < -0.4 is 12.4 Å². The molecule has 78 valence electrons. The Morgan fingerprint density at radius 1 is 1.38 bits per heavy atom. The number of nitrogens with zero attached hydrogens (tertiary/aromatic N) is 1. The van der Waals surface area contributed by atoms with E-state index in [9.17, 15) is 4.79 Å². The summed E-state index contributed by atoms with van der Waals surface area (Å²) in [5.41, 5.74) is 0. The molecule has 1 saturated heterocycles. The topological polar surface area (TPSA) is 20.3 Å². The summed E-state index contributed by atoms with van der Waals surface area (Å²) in [6.07, 6.45) is 0.740. The Labute approximate surface area is 87.1 Å². The molecular weight excluding hydrogens is 186 g/mol. The van der Waals surface area contributed by atoms with Crippen molar-refractivity contribution in [1.29, 1.82) is 0 Å². The van der Waals surface area contributed by atoms with E-state index in [1.165, 1.54) is 0 Å². The van der Waals surface area contributed by atoms with Crippen LogP contribution in [0.25, 0.3) is 0 Å². The average molecular weight is 205 g/mol. The molecular formula is C10H19ClNO-. The highest BCUT2D eigenvalue weighted by Crippen LogP contribution is 2.21. The molecule has 0 spiro atoms. The van der Waals surface area contributed by atoms with E-state index in [4.69, 9.17) is 0 Å². The molecule has 0 bridgehead atoms. The highest BCUT2D eigenvalue weighted by atomic mass is 35.5. The summed E-state index contributed by atoms with van der Waals surface area (Å²) in [4.78, 5) is 13.8. The second-order valence-corrected chi connectivity index (χ2v) is 4.08. The Bertz CT molecular complexity index is 182. The van der Waals surface area contributed by atoms with Crippen LogP contribution in [0.3, 0.4) is 0 Å². The Kier molecular flexibility index (Phi) is 4.93. The van der Waals surface area contributed by atoms with E-state index in [0.717, 1.165) is 13.0 Å². The number of carbonyl (C=O) groups is 1. The average Bonchev–Trinajstić information content (AvgIpc) is 2.00. The molecule has 0 aromatic carbocycles. The second-order valence-electron chi connectivity index (χ2n) is 4.08. The van der Waals surface area contributed by atoms with Gasteiger partial charge in [0.15, 0.2) is 0 Å². The molecule has 0 saturated carbocycles. The first-order valence-electron chi connectivity index (χ1n) is 4.82. The minimum absolute atomic E-state index is 0. The number of halogens is 1. The first kappa shape index (κ1) is 12.9. The number of rotatable bonds is 1. The Balaban J connectivity index is 0.00000144. The fraction of sp³-hybridized carbons (Fsp3) is 0.900. The molecule has 0 radical (unpaired) electrons. The van der Waals surface area contributed by atoms with Crippen LogP contribution in [0.2, 0.25) is 0 Å². The van der Waals surface area contributed by atoms with Crippen molar-refractivity contribution in [2.75, 3.05) is 6.54 Å². The molecule has 0 aromatic rings. The summed E-state index contributed by atoms with van der Waals surface area (Å²) >= 11 is 0. The Hall–Kier alpha value is -0.0800. The minimum atomic E-state index is 0. The predicted octanol–water partition coefficient (Wildman–Crippen LogP) is -1.30. The van der Waals surface area contributed by atoms with Crippen LogP contribution in [0.4, 0.5) is 0 Å². The maximum atomic E-state index is 11.3. The van der Waals surface area contributed by atoms with E-state index >= 15 is 0 Å². The van der Waals surface area contributed by atoms with Crippen LogP contribution in [-0.4, -0.2) is 29.3 Å². The van der Waals surface area contributed by atoms with Gasteiger partial charge in [0, 0.05) is 31.0 Å². The number of likely N-dealkylation sites (tertiary alicyclic amines) is 1. The lowest BCUT2D eigenvalue weighted by Crippen LogP contribution is -3.00. The van der Waals surface area contributed by atoms with Gasteiger partial charge in [-0.25, -0.2) is 0 Å². The summed E-state index contributed by atoms with van der Waals surface area (Å²) in [5, 5.41) is 0. The van der Waals surface area contributed by atoms with Crippen LogP contribution in [0.1, 0.15) is 34.1 Å². The summed E-state index contributed by atoms with van der Waals surface area (Å²) in [6, 6.07) is 0.988. The van der Waals surface area contributed by atoms with Gasteiger partial charge >= 0.3 is 0 Å². The van der Waals surface area contributed by atoms with Gasteiger partial charge in [0.1, 0.15) is 5.78 Å². The van der Waals surface area contributed by atoms with Gasteiger partial charge in [-0.1, -0.05) is 6.92 Å². The van der Waals surface area contributed by atoms with Crippen molar-refractivity contribution >= 4 is 5.78 Å². The van der Waals surface area contributed by atoms with E-state index in [-0.39, 0.29) is 18.3 Å². The Morgan fingerprint density at radius 2 is 1.92 bits per heavy atom. The molecule has 0 N–H and O–H groups in total. The number of carbonyl (C=O) groups excluding carboxylic acids is 1. The van der Waals surface area contributed by atoms with E-state index in [1.54, 1.807) is 0 Å². The van der Waals surface area contributed by atoms with Gasteiger partial charge in [0.05, 0.1) is 0 Å². The van der Waals surface area contributed by atoms with Gasteiger partial charge < -0.3 is 12.4 Å². The minimum Gasteiger partial charge on any atom is -1.00 e. The number of piperidine rings is 1. The second kappa shape index (κ2) is 4.97. The van der Waals surface area contributed by atoms with Crippen LogP contribution >= 0.6 is 0 Å². The standard InChI is InChI=1S/C10H19NO.ClH/c1-7(2)11-6-5-10(12)8(3)9(11)4;/h7-9H,5-6H2,1-4H3;1H/p-1. The van der Waals surface area contributed by atoms with E-state index in [0.29, 0.717) is 17.9 Å². The maximum absolute atomic E-state index is 11.3. The van der Waals surface area contributed by atoms with Crippen molar-refractivity contribution in [1.82, 2.24) is 4.90 Å². The largest absolute Gasteiger partial charge is 1.00 e. The van der Waals surface area contributed by atoms with Crippen molar-refractivity contribution in [2.45, 2.75) is 46.2 Å². The smallest absolute Gasteiger partial charge is 0.138 e. The number of hydrogen-bond donors (Lipinski definition) is 0. The zero-order valence-electron chi connectivity index (χ0n) is 8.88. The van der Waals surface area contributed by atoms with Gasteiger partial charge in [0.2, 0.25) is 0 Å². The summed E-state index contributed by atoms with van der Waals surface area (Å²) in [5.74, 6) is 0.653. The van der Waals surface area contributed by atoms with Crippen LogP contribution in [0.5, 0.6) is 0 Å². The molecule has 0 amide bonds. The molecule has 2 atom stereocenters. The fourth-order valence-corrected chi connectivity index (χ4v) is 1.96. The van der Waals surface area contributed by atoms with Crippen LogP contribution in [0.15, 0.2) is 0 Å². The van der Waals surface area contributed by atoms with Crippen molar-refractivity contribution < 1.29 is 17.2 Å². The van der Waals surface area contributed by atoms with Gasteiger partial charge in [-0.15, -0.1) is 0 Å². The third kappa shape index (κ3) is 2.68. The third-order valence-corrected chi connectivity index (χ3v) is 3.03. The monoisotopic (exact) mass is 204 g/mol. The lowest BCUT2D eigenvalue weighted by Gasteiger charge is -2.39. The lowest BCUT2D eigenvalue weighted by molar-refractivity contribution is -0.128. The Morgan fingerprint density at radius 3 is 2.38 bits per heavy atom. The van der Waals surface area contributed by atoms with Crippen molar-refractivity contribution in [2.24, 2.45) is 5.92 Å². The molecule has 1 fully saturated rings. The van der Waals surface area contributed by atoms with E-state index < -0.39 is 0 Å². The molecule has 0 aliphatic carbocycles. The van der Waals surface area contributed by atoms with Gasteiger partial charge in [0.25, 0.3) is 0 Å². The van der Waals surface area contributed by atoms with Gasteiger partial charge in [-0.3, -0.25) is 9.69 Å². The molecule has 1 aliphatic rings. The highest BCUT2D eigenvalue weighted by molar-refractivity contribution is 5.82. The van der Waals surface area contributed by atoms with Crippen molar-refractivity contribution in [3.63, 3.8) is 0 Å². The molecule has 3 heteroatoms. The third-order valence-electron chi connectivity index (χ3n) is 3.03. The SMILES string of the molecule is CC1C(=O)CCN(C(C)C)C1C.[Cl-]. The maximum Gasteiger partial charge on any atom is 0.138 e. The number of Topliss-reactive ketones (excluding diaryl/α,β-unsaturated/α-hetero) is 1. The molecule has 13 heavy (non-hydrogen) atoms. The lowest BCUT2D eigenvalue weighted by atomic mass is 9.90. The summed E-state index contributed by atoms with van der Waals surface area (Å²) < 4.78 is 0. The first-order chi connectivity index (χ1) is 5.54. The van der Waals surface area contributed by atoms with E-state index in [1.807, 2.05) is 6.92 Å². The molecule has 2 unspecified atom stereocenters. The van der Waals surface area contributed by atoms with E-state index in [2.05, 4.69) is 25.7 Å². The predicted molar refractivity (Wildman–Crippen MR) is 50.1 cm³/mol. The molecule has 0 aromatic heterocycles. The number of hydrogen-bond acceptors (Lipinski definition) is 2. The van der Waals surface area contributed by atoms with Crippen LogP contribution in [-0.2, 0) is 4.79 Å². The van der Waals surface area contributed by atoms with Crippen LogP contribution in [0, 0.1) is 5.92 Å². The van der Waals surface area contributed by atoms with Gasteiger partial charge in [-0.05, 0) is 20.8 Å². The summed E-state index contributed by atoms with van der Waals surface area (Å²) in [7, 11) is 0. The molecule has 1 heterocycles. The quantitative estimate of drug-likeness (QED) is 0.529. The first-order valence-corrected chi connectivity index (χ1v) is 4.82. The zero-order valence-corrected chi connectivity index (χ0v) is 9.64. The number of ketones is 1. The fourth-order valence-electron chi connectivity index (χ4n) is 1.96. The zero-order chi connectivity index (χ0) is 9.30. The normalized spacial score (nSPS) is 30.4. The van der Waals surface area contributed by atoms with Crippen molar-refractivity contribution in [3.8, 4) is 0 Å². The molecule has 1 aliphatic heterocycles. The van der Waals surface area contributed by atoms with Crippen molar-refractivity contribution in [3.05, 3.63) is 0 Å². The molecule has 2 nitrogen and oxygen atoms in total. The summed E-state index contributed by atoms with van der Waals surface area (Å²) in [6.45, 7) is 9.53. The highest BCUT2D eigenvalue weighted by Gasteiger charge is 2.31.